The van der Waals surface area contributed by atoms with E-state index in [1.807, 2.05) is 12.1 Å². The van der Waals surface area contributed by atoms with Crippen molar-refractivity contribution >= 4 is 11.9 Å². The normalized spacial score (nSPS) is 20.6. The first kappa shape index (κ1) is 14.5. The van der Waals surface area contributed by atoms with E-state index in [1.54, 1.807) is 12.1 Å². The first-order chi connectivity index (χ1) is 9.50. The number of carbonyl (C=O) groups excluding carboxylic acids is 1. The van der Waals surface area contributed by atoms with Crippen LogP contribution in [0.2, 0.25) is 0 Å². The monoisotopic (exact) mass is 279 g/mol. The molecule has 108 valence electrons. The third-order valence-corrected chi connectivity index (χ3v) is 3.28. The SMILES string of the molecule is CC(O)C(NC(=O)C1OCCc2ccccc21)C(=O)O. The van der Waals surface area contributed by atoms with Crippen LogP contribution in [0.15, 0.2) is 24.3 Å². The van der Waals surface area contributed by atoms with Crippen LogP contribution in [-0.4, -0.2) is 40.8 Å². The quantitative estimate of drug-likeness (QED) is 0.734. The van der Waals surface area contributed by atoms with Crippen LogP contribution in [0, 0.1) is 0 Å². The number of fused-ring (bicyclic) bond motifs is 1. The van der Waals surface area contributed by atoms with Gasteiger partial charge in [0.25, 0.3) is 5.91 Å². The number of carboxylic acids is 1. The molecule has 3 unspecified atom stereocenters. The Balaban J connectivity index is 2.16. The summed E-state index contributed by atoms with van der Waals surface area (Å²) in [6.07, 6.45) is -1.30. The van der Waals surface area contributed by atoms with Gasteiger partial charge in [0, 0.05) is 0 Å². The second kappa shape index (κ2) is 6.02. The molecule has 0 spiro atoms. The van der Waals surface area contributed by atoms with Gasteiger partial charge in [0.15, 0.2) is 12.1 Å². The third-order valence-electron chi connectivity index (χ3n) is 3.28. The first-order valence-corrected chi connectivity index (χ1v) is 6.41. The number of aliphatic hydroxyl groups is 1. The third kappa shape index (κ3) is 2.97. The van der Waals surface area contributed by atoms with Crippen molar-refractivity contribution in [3.05, 3.63) is 35.4 Å². The molecule has 0 radical (unpaired) electrons. The standard InChI is InChI=1S/C14H17NO5/c1-8(16)11(14(18)19)15-13(17)12-10-5-3-2-4-9(10)6-7-20-12/h2-5,8,11-12,16H,6-7H2,1H3,(H,15,17)(H,18,19). The molecule has 20 heavy (non-hydrogen) atoms. The predicted molar refractivity (Wildman–Crippen MR) is 70.1 cm³/mol. The molecular formula is C14H17NO5. The highest BCUT2D eigenvalue weighted by molar-refractivity contribution is 5.87. The molecule has 0 saturated carbocycles. The van der Waals surface area contributed by atoms with E-state index in [-0.39, 0.29) is 0 Å². The van der Waals surface area contributed by atoms with Gasteiger partial charge in [0.2, 0.25) is 0 Å². The number of aliphatic carboxylic acids is 1. The van der Waals surface area contributed by atoms with E-state index in [2.05, 4.69) is 5.32 Å². The van der Waals surface area contributed by atoms with Crippen molar-refractivity contribution < 1.29 is 24.5 Å². The van der Waals surface area contributed by atoms with Crippen LogP contribution in [0.25, 0.3) is 0 Å². The summed E-state index contributed by atoms with van der Waals surface area (Å²) in [6, 6.07) is 6.05. The van der Waals surface area contributed by atoms with Crippen LogP contribution >= 0.6 is 0 Å². The molecule has 6 nitrogen and oxygen atoms in total. The molecule has 0 saturated heterocycles. The molecule has 1 heterocycles. The smallest absolute Gasteiger partial charge is 0.328 e. The Morgan fingerprint density at radius 3 is 2.75 bits per heavy atom. The van der Waals surface area contributed by atoms with Gasteiger partial charge < -0.3 is 20.3 Å². The lowest BCUT2D eigenvalue weighted by molar-refractivity contribution is -0.147. The zero-order valence-corrected chi connectivity index (χ0v) is 11.1. The number of benzene rings is 1. The molecule has 1 aliphatic heterocycles. The zero-order chi connectivity index (χ0) is 14.7. The number of aliphatic hydroxyl groups excluding tert-OH is 1. The van der Waals surface area contributed by atoms with Crippen LogP contribution in [-0.2, 0) is 20.7 Å². The number of nitrogens with one attached hydrogen (secondary N) is 1. The van der Waals surface area contributed by atoms with Crippen molar-refractivity contribution in [3.8, 4) is 0 Å². The van der Waals surface area contributed by atoms with Gasteiger partial charge in [-0.15, -0.1) is 0 Å². The van der Waals surface area contributed by atoms with Crippen molar-refractivity contribution in [1.82, 2.24) is 5.32 Å². The molecule has 0 bridgehead atoms. The predicted octanol–water partition coefficient (Wildman–Crippen LogP) is 0.251. The number of carbonyl (C=O) groups is 2. The molecule has 1 aliphatic rings. The molecule has 1 aromatic rings. The van der Waals surface area contributed by atoms with Gasteiger partial charge in [0.1, 0.15) is 0 Å². The molecule has 0 aliphatic carbocycles. The fourth-order valence-corrected chi connectivity index (χ4v) is 2.23. The molecule has 1 aromatic carbocycles. The summed E-state index contributed by atoms with van der Waals surface area (Å²) in [5.74, 6) is -1.83. The minimum atomic E-state index is -1.35. The van der Waals surface area contributed by atoms with Crippen LogP contribution < -0.4 is 5.32 Å². The number of carboxylic acid groups (broad SMARTS) is 1. The van der Waals surface area contributed by atoms with E-state index in [9.17, 15) is 14.7 Å². The molecule has 2 rings (SSSR count). The summed E-state index contributed by atoms with van der Waals surface area (Å²) >= 11 is 0. The van der Waals surface area contributed by atoms with Crippen LogP contribution in [0.1, 0.15) is 24.2 Å². The number of rotatable bonds is 4. The second-order valence-corrected chi connectivity index (χ2v) is 4.76. The van der Waals surface area contributed by atoms with E-state index in [1.165, 1.54) is 6.92 Å². The fraction of sp³-hybridized carbons (Fsp3) is 0.429. The number of ether oxygens (including phenoxy) is 1. The van der Waals surface area contributed by atoms with Crippen molar-refractivity contribution in [1.29, 1.82) is 0 Å². The average molecular weight is 279 g/mol. The van der Waals surface area contributed by atoms with Gasteiger partial charge in [0.05, 0.1) is 12.7 Å². The fourth-order valence-electron chi connectivity index (χ4n) is 2.23. The largest absolute Gasteiger partial charge is 0.480 e. The Labute approximate surface area is 116 Å². The lowest BCUT2D eigenvalue weighted by Crippen LogP contribution is -2.49. The summed E-state index contributed by atoms with van der Waals surface area (Å²) in [4.78, 5) is 23.2. The molecular weight excluding hydrogens is 262 g/mol. The summed E-state index contributed by atoms with van der Waals surface area (Å²) in [6.45, 7) is 1.72. The Kier molecular flexibility index (Phi) is 4.36. The molecule has 0 aromatic heterocycles. The van der Waals surface area contributed by atoms with Crippen LogP contribution in [0.4, 0.5) is 0 Å². The summed E-state index contributed by atoms with van der Waals surface area (Å²) in [5, 5.41) is 20.7. The Bertz CT molecular complexity index is 514. The molecule has 3 atom stereocenters. The molecule has 3 N–H and O–H groups in total. The van der Waals surface area contributed by atoms with E-state index < -0.39 is 30.1 Å². The maximum Gasteiger partial charge on any atom is 0.328 e. The maximum atomic E-state index is 12.2. The van der Waals surface area contributed by atoms with Crippen LogP contribution in [0.5, 0.6) is 0 Å². The molecule has 0 fully saturated rings. The minimum Gasteiger partial charge on any atom is -0.480 e. The lowest BCUT2D eigenvalue weighted by Gasteiger charge is -2.27. The highest BCUT2D eigenvalue weighted by Crippen LogP contribution is 2.27. The van der Waals surface area contributed by atoms with E-state index in [0.717, 1.165) is 17.5 Å². The van der Waals surface area contributed by atoms with Gasteiger partial charge in [-0.2, -0.15) is 0 Å². The number of hydrogen-bond donors (Lipinski definition) is 3. The van der Waals surface area contributed by atoms with Crippen molar-refractivity contribution in [2.75, 3.05) is 6.61 Å². The Hall–Kier alpha value is -1.92. The van der Waals surface area contributed by atoms with Gasteiger partial charge in [-0.1, -0.05) is 24.3 Å². The van der Waals surface area contributed by atoms with Gasteiger partial charge in [-0.25, -0.2) is 4.79 Å². The number of hydrogen-bond acceptors (Lipinski definition) is 4. The van der Waals surface area contributed by atoms with Crippen LogP contribution in [0.3, 0.4) is 0 Å². The summed E-state index contributed by atoms with van der Waals surface area (Å²) in [7, 11) is 0. The van der Waals surface area contributed by atoms with Crippen molar-refractivity contribution in [3.63, 3.8) is 0 Å². The first-order valence-electron chi connectivity index (χ1n) is 6.41. The molecule has 6 heteroatoms. The van der Waals surface area contributed by atoms with E-state index in [0.29, 0.717) is 6.61 Å². The maximum absolute atomic E-state index is 12.2. The lowest BCUT2D eigenvalue weighted by atomic mass is 9.97. The Morgan fingerprint density at radius 2 is 2.10 bits per heavy atom. The van der Waals surface area contributed by atoms with E-state index in [4.69, 9.17) is 9.84 Å². The average Bonchev–Trinajstić information content (AvgIpc) is 2.43. The Morgan fingerprint density at radius 1 is 1.40 bits per heavy atom. The second-order valence-electron chi connectivity index (χ2n) is 4.76. The van der Waals surface area contributed by atoms with Gasteiger partial charge in [-0.3, -0.25) is 4.79 Å². The van der Waals surface area contributed by atoms with Gasteiger partial charge in [-0.05, 0) is 24.5 Å². The summed E-state index contributed by atoms with van der Waals surface area (Å²) < 4.78 is 5.44. The van der Waals surface area contributed by atoms with Gasteiger partial charge >= 0.3 is 5.97 Å². The highest BCUT2D eigenvalue weighted by atomic mass is 16.5. The zero-order valence-electron chi connectivity index (χ0n) is 11.1. The number of amides is 1. The van der Waals surface area contributed by atoms with Crippen molar-refractivity contribution in [2.24, 2.45) is 0 Å². The molecule has 1 amide bonds. The van der Waals surface area contributed by atoms with Crippen molar-refractivity contribution in [2.45, 2.75) is 31.6 Å². The van der Waals surface area contributed by atoms with E-state index >= 15 is 0 Å². The highest BCUT2D eigenvalue weighted by Gasteiger charge is 2.32. The summed E-state index contributed by atoms with van der Waals surface area (Å²) in [5.41, 5.74) is 1.76. The minimum absolute atomic E-state index is 0.404. The topological polar surface area (TPSA) is 95.9 Å².